The molecule has 0 aromatic carbocycles. The van der Waals surface area contributed by atoms with Crippen molar-refractivity contribution < 1.29 is 8.94 Å². The molecule has 2 rings (SSSR count). The number of aryl methyl sites for hydroxylation is 1. The van der Waals surface area contributed by atoms with E-state index in [1.165, 1.54) is 0 Å². The summed E-state index contributed by atoms with van der Waals surface area (Å²) in [6.07, 6.45) is 0. The zero-order valence-corrected chi connectivity index (χ0v) is 13.6. The van der Waals surface area contributed by atoms with E-state index >= 15 is 0 Å². The molecule has 0 bridgehead atoms. The first-order valence-electron chi connectivity index (χ1n) is 7.25. The highest BCUT2D eigenvalue weighted by molar-refractivity contribution is 5.07. The minimum Gasteiger partial charge on any atom is -0.465 e. The monoisotopic (exact) mass is 291 g/mol. The van der Waals surface area contributed by atoms with Gasteiger partial charge in [-0.05, 0) is 46.9 Å². The molecule has 5 heteroatoms. The third kappa shape index (κ3) is 5.36. The second-order valence-electron chi connectivity index (χ2n) is 6.57. The van der Waals surface area contributed by atoms with Crippen molar-refractivity contribution in [3.8, 4) is 0 Å². The molecule has 116 valence electrons. The van der Waals surface area contributed by atoms with Crippen LogP contribution in [0.4, 0.5) is 0 Å². The fourth-order valence-corrected chi connectivity index (χ4v) is 2.03. The van der Waals surface area contributed by atoms with Crippen LogP contribution in [0, 0.1) is 6.92 Å². The number of furan rings is 1. The Hall–Kier alpha value is -1.59. The Labute approximate surface area is 126 Å². The van der Waals surface area contributed by atoms with Crippen molar-refractivity contribution in [3.05, 3.63) is 41.2 Å². The van der Waals surface area contributed by atoms with E-state index in [0.29, 0.717) is 13.1 Å². The minimum absolute atomic E-state index is 0.0764. The summed E-state index contributed by atoms with van der Waals surface area (Å²) >= 11 is 0. The Morgan fingerprint density at radius 3 is 2.52 bits per heavy atom. The van der Waals surface area contributed by atoms with Crippen LogP contribution in [0.2, 0.25) is 0 Å². The highest BCUT2D eigenvalue weighted by Gasteiger charge is 2.12. The number of nitrogens with zero attached hydrogens (tertiary/aromatic N) is 2. The minimum atomic E-state index is 0.0764. The van der Waals surface area contributed by atoms with E-state index in [2.05, 4.69) is 36.1 Å². The fraction of sp³-hybridized carbons (Fsp3) is 0.562. The van der Waals surface area contributed by atoms with Gasteiger partial charge < -0.3 is 14.3 Å². The lowest BCUT2D eigenvalue weighted by molar-refractivity contribution is 0.247. The average molecular weight is 291 g/mol. The molecule has 0 radical (unpaired) electrons. The Bertz CT molecular complexity index is 566. The molecule has 2 aromatic rings. The Morgan fingerprint density at radius 1 is 1.19 bits per heavy atom. The first-order valence-corrected chi connectivity index (χ1v) is 7.25. The van der Waals surface area contributed by atoms with E-state index in [0.717, 1.165) is 29.5 Å². The van der Waals surface area contributed by atoms with E-state index in [4.69, 9.17) is 8.94 Å². The molecule has 0 atom stereocenters. The van der Waals surface area contributed by atoms with Gasteiger partial charge in [0.15, 0.2) is 5.76 Å². The van der Waals surface area contributed by atoms with Gasteiger partial charge in [0.25, 0.3) is 0 Å². The third-order valence-corrected chi connectivity index (χ3v) is 3.06. The van der Waals surface area contributed by atoms with Gasteiger partial charge in [-0.25, -0.2) is 0 Å². The van der Waals surface area contributed by atoms with E-state index in [1.807, 2.05) is 32.2 Å². The van der Waals surface area contributed by atoms with Crippen LogP contribution in [0.25, 0.3) is 0 Å². The van der Waals surface area contributed by atoms with E-state index in [9.17, 15) is 0 Å². The van der Waals surface area contributed by atoms with Gasteiger partial charge in [0.05, 0.1) is 18.8 Å². The number of rotatable bonds is 6. The number of nitrogens with one attached hydrogen (secondary N) is 1. The van der Waals surface area contributed by atoms with Gasteiger partial charge in [0.2, 0.25) is 0 Å². The maximum absolute atomic E-state index is 5.58. The molecule has 0 spiro atoms. The molecular weight excluding hydrogens is 266 g/mol. The lowest BCUT2D eigenvalue weighted by atomic mass is 10.1. The van der Waals surface area contributed by atoms with Crippen molar-refractivity contribution >= 4 is 0 Å². The van der Waals surface area contributed by atoms with E-state index in [-0.39, 0.29) is 5.54 Å². The highest BCUT2D eigenvalue weighted by atomic mass is 16.5. The second-order valence-corrected chi connectivity index (χ2v) is 6.57. The zero-order chi connectivity index (χ0) is 15.5. The second kappa shape index (κ2) is 6.45. The molecule has 0 fully saturated rings. The predicted octanol–water partition coefficient (Wildman–Crippen LogP) is 3.10. The van der Waals surface area contributed by atoms with E-state index < -0.39 is 0 Å². The number of hydrogen-bond acceptors (Lipinski definition) is 5. The van der Waals surface area contributed by atoms with Crippen LogP contribution in [-0.2, 0) is 19.6 Å². The van der Waals surface area contributed by atoms with Gasteiger partial charge >= 0.3 is 0 Å². The molecule has 0 aliphatic carbocycles. The molecule has 1 N–H and O–H groups in total. The third-order valence-electron chi connectivity index (χ3n) is 3.06. The molecule has 5 nitrogen and oxygen atoms in total. The fourth-order valence-electron chi connectivity index (χ4n) is 2.03. The van der Waals surface area contributed by atoms with Crippen molar-refractivity contribution in [2.75, 3.05) is 7.05 Å². The van der Waals surface area contributed by atoms with Crippen LogP contribution in [0.15, 0.2) is 27.1 Å². The zero-order valence-electron chi connectivity index (χ0n) is 13.6. The van der Waals surface area contributed by atoms with Gasteiger partial charge in [-0.2, -0.15) is 0 Å². The lowest BCUT2D eigenvalue weighted by Crippen LogP contribution is -2.35. The molecule has 0 amide bonds. The van der Waals surface area contributed by atoms with Crippen molar-refractivity contribution in [3.63, 3.8) is 0 Å². The highest BCUT2D eigenvalue weighted by Crippen LogP contribution is 2.12. The summed E-state index contributed by atoms with van der Waals surface area (Å²) in [5.74, 6) is 2.77. The smallest absolute Gasteiger partial charge is 0.151 e. The first-order chi connectivity index (χ1) is 9.82. The Morgan fingerprint density at radius 2 is 1.90 bits per heavy atom. The van der Waals surface area contributed by atoms with Crippen LogP contribution < -0.4 is 5.32 Å². The summed E-state index contributed by atoms with van der Waals surface area (Å²) in [5, 5.41) is 7.49. The summed E-state index contributed by atoms with van der Waals surface area (Å²) in [7, 11) is 2.04. The normalized spacial score (nSPS) is 12.3. The maximum Gasteiger partial charge on any atom is 0.151 e. The summed E-state index contributed by atoms with van der Waals surface area (Å²) in [5.41, 5.74) is 1.01. The SMILES string of the molecule is Cc1ccc(CN(C)Cc2cc(CNC(C)(C)C)no2)o1. The lowest BCUT2D eigenvalue weighted by Gasteiger charge is -2.19. The first kappa shape index (κ1) is 15.8. The van der Waals surface area contributed by atoms with Crippen LogP contribution >= 0.6 is 0 Å². The molecule has 0 unspecified atom stereocenters. The molecule has 0 saturated heterocycles. The maximum atomic E-state index is 5.58. The predicted molar refractivity (Wildman–Crippen MR) is 81.7 cm³/mol. The van der Waals surface area contributed by atoms with Gasteiger partial charge in [-0.3, -0.25) is 4.90 Å². The Kier molecular flexibility index (Phi) is 4.85. The van der Waals surface area contributed by atoms with Gasteiger partial charge in [-0.15, -0.1) is 0 Å². The topological polar surface area (TPSA) is 54.4 Å². The number of aromatic nitrogens is 1. The van der Waals surface area contributed by atoms with Crippen molar-refractivity contribution in [2.45, 2.75) is 52.9 Å². The summed E-state index contributed by atoms with van der Waals surface area (Å²) in [6, 6.07) is 5.99. The quantitative estimate of drug-likeness (QED) is 0.886. The number of hydrogen-bond donors (Lipinski definition) is 1. The van der Waals surface area contributed by atoms with Crippen molar-refractivity contribution in [1.29, 1.82) is 0 Å². The summed E-state index contributed by atoms with van der Waals surface area (Å²) in [6.45, 7) is 10.5. The van der Waals surface area contributed by atoms with Crippen molar-refractivity contribution in [2.24, 2.45) is 0 Å². The molecule has 2 aromatic heterocycles. The standard InChI is InChI=1S/C16H25N3O2/c1-12-6-7-14(20-12)10-19(5)11-15-8-13(18-21-15)9-17-16(2,3)4/h6-8,17H,9-11H2,1-5H3. The van der Waals surface area contributed by atoms with Crippen LogP contribution in [0.3, 0.4) is 0 Å². The molecule has 2 heterocycles. The Balaban J connectivity index is 1.84. The summed E-state index contributed by atoms with van der Waals surface area (Å²) < 4.78 is 11.0. The summed E-state index contributed by atoms with van der Waals surface area (Å²) in [4.78, 5) is 2.14. The molecule has 21 heavy (non-hydrogen) atoms. The van der Waals surface area contributed by atoms with Crippen LogP contribution in [0.1, 0.15) is 43.7 Å². The van der Waals surface area contributed by atoms with Crippen LogP contribution in [-0.4, -0.2) is 22.6 Å². The van der Waals surface area contributed by atoms with Gasteiger partial charge in [0, 0.05) is 18.2 Å². The average Bonchev–Trinajstić information content (AvgIpc) is 2.95. The van der Waals surface area contributed by atoms with Gasteiger partial charge in [-0.1, -0.05) is 5.16 Å². The van der Waals surface area contributed by atoms with Crippen molar-refractivity contribution in [1.82, 2.24) is 15.4 Å². The largest absolute Gasteiger partial charge is 0.465 e. The van der Waals surface area contributed by atoms with Gasteiger partial charge in [0.1, 0.15) is 11.5 Å². The molecule has 0 aliphatic heterocycles. The van der Waals surface area contributed by atoms with Crippen LogP contribution in [0.5, 0.6) is 0 Å². The molecular formula is C16H25N3O2. The molecule has 0 aliphatic rings. The molecule has 0 saturated carbocycles. The van der Waals surface area contributed by atoms with E-state index in [1.54, 1.807) is 0 Å².